The van der Waals surface area contributed by atoms with Gasteiger partial charge in [0.1, 0.15) is 0 Å². The lowest BCUT2D eigenvalue weighted by molar-refractivity contribution is -0.122. The van der Waals surface area contributed by atoms with E-state index in [1.165, 1.54) is 0 Å². The van der Waals surface area contributed by atoms with E-state index in [-0.39, 0.29) is 5.91 Å². The Hall–Kier alpha value is -0.600. The van der Waals surface area contributed by atoms with Gasteiger partial charge in [-0.3, -0.25) is 9.79 Å². The van der Waals surface area contributed by atoms with E-state index < -0.39 is 6.04 Å². The molecule has 8 heteroatoms. The Morgan fingerprint density at radius 3 is 2.70 bits per heavy atom. The van der Waals surface area contributed by atoms with Crippen LogP contribution >= 0.6 is 24.4 Å². The molecule has 0 saturated heterocycles. The molecular formula is C12H27N5OS2. The van der Waals surface area contributed by atoms with E-state index in [0.717, 1.165) is 36.2 Å². The molecule has 0 fully saturated rings. The van der Waals surface area contributed by atoms with Crippen LogP contribution in [0.25, 0.3) is 0 Å². The van der Waals surface area contributed by atoms with Gasteiger partial charge in [0.15, 0.2) is 5.96 Å². The van der Waals surface area contributed by atoms with Gasteiger partial charge >= 0.3 is 0 Å². The van der Waals surface area contributed by atoms with E-state index in [2.05, 4.69) is 33.6 Å². The van der Waals surface area contributed by atoms with Gasteiger partial charge in [-0.2, -0.15) is 24.4 Å². The first-order valence-corrected chi connectivity index (χ1v) is 8.54. The lowest BCUT2D eigenvalue weighted by atomic mass is 10.1. The Kier molecular flexibility index (Phi) is 13.0. The van der Waals surface area contributed by atoms with Crippen molar-refractivity contribution < 1.29 is 4.79 Å². The van der Waals surface area contributed by atoms with Crippen LogP contribution in [0.4, 0.5) is 0 Å². The van der Waals surface area contributed by atoms with Crippen molar-refractivity contribution in [3.05, 3.63) is 0 Å². The number of nitrogens with zero attached hydrogens (tertiary/aromatic N) is 1. The van der Waals surface area contributed by atoms with Crippen LogP contribution in [0.2, 0.25) is 0 Å². The van der Waals surface area contributed by atoms with E-state index in [1.807, 2.05) is 0 Å². The number of carbonyl (C=O) groups is 1. The average Bonchev–Trinajstić information content (AvgIpc) is 2.46. The van der Waals surface area contributed by atoms with Gasteiger partial charge < -0.3 is 21.7 Å². The van der Waals surface area contributed by atoms with Gasteiger partial charge in [0.05, 0.1) is 6.04 Å². The maximum absolute atomic E-state index is 11.7. The number of carbonyl (C=O) groups excluding carboxylic acids is 1. The zero-order valence-electron chi connectivity index (χ0n) is 12.3. The van der Waals surface area contributed by atoms with Gasteiger partial charge in [0.25, 0.3) is 0 Å². The standard InChI is InChI=1S/C12H27N5OS2/c1-14-12(15-2)17-5-3-4-10(13)11(18)16-6-8-20-9-7-19/h10,19H,3-9,13H2,1-2H3,(H,16,18)(H2,14,15,17). The second-order valence-electron chi connectivity index (χ2n) is 4.12. The highest BCUT2D eigenvalue weighted by atomic mass is 32.2. The van der Waals surface area contributed by atoms with Crippen molar-refractivity contribution in [2.45, 2.75) is 18.9 Å². The molecule has 1 unspecified atom stereocenters. The molecule has 118 valence electrons. The topological polar surface area (TPSA) is 91.5 Å². The third-order valence-electron chi connectivity index (χ3n) is 2.56. The summed E-state index contributed by atoms with van der Waals surface area (Å²) in [6, 6.07) is -0.441. The summed E-state index contributed by atoms with van der Waals surface area (Å²) < 4.78 is 0. The maximum Gasteiger partial charge on any atom is 0.236 e. The Bertz CT molecular complexity index is 289. The molecule has 0 rings (SSSR count). The average molecular weight is 322 g/mol. The van der Waals surface area contributed by atoms with Crippen molar-refractivity contribution in [2.24, 2.45) is 10.7 Å². The summed E-state index contributed by atoms with van der Waals surface area (Å²) in [5.74, 6) is 3.43. The molecule has 20 heavy (non-hydrogen) atoms. The molecule has 0 aromatic carbocycles. The van der Waals surface area contributed by atoms with E-state index in [0.29, 0.717) is 13.0 Å². The Balaban J connectivity index is 3.59. The zero-order chi connectivity index (χ0) is 15.2. The quantitative estimate of drug-likeness (QED) is 0.164. The lowest BCUT2D eigenvalue weighted by Gasteiger charge is -2.13. The number of hydrogen-bond donors (Lipinski definition) is 5. The summed E-state index contributed by atoms with van der Waals surface area (Å²) in [5, 5.41) is 8.90. The molecule has 5 N–H and O–H groups in total. The maximum atomic E-state index is 11.7. The predicted molar refractivity (Wildman–Crippen MR) is 91.8 cm³/mol. The van der Waals surface area contributed by atoms with Gasteiger partial charge in [-0.15, -0.1) is 0 Å². The van der Waals surface area contributed by atoms with Crippen LogP contribution in [-0.2, 0) is 4.79 Å². The minimum atomic E-state index is -0.441. The fourth-order valence-electron chi connectivity index (χ4n) is 1.48. The highest BCUT2D eigenvalue weighted by molar-refractivity contribution is 8.00. The SMILES string of the molecule is CN=C(NC)NCCCC(N)C(=O)NCCSCCS. The number of aliphatic imine (C=N–C) groups is 1. The van der Waals surface area contributed by atoms with Gasteiger partial charge in [-0.1, -0.05) is 0 Å². The summed E-state index contributed by atoms with van der Waals surface area (Å²) in [7, 11) is 3.52. The number of nitrogens with one attached hydrogen (secondary N) is 3. The zero-order valence-corrected chi connectivity index (χ0v) is 14.0. The van der Waals surface area contributed by atoms with E-state index in [9.17, 15) is 4.79 Å². The van der Waals surface area contributed by atoms with Crippen molar-refractivity contribution >= 4 is 36.3 Å². The van der Waals surface area contributed by atoms with Crippen LogP contribution in [0.15, 0.2) is 4.99 Å². The predicted octanol–water partition coefficient (Wildman–Crippen LogP) is -0.332. The summed E-state index contributed by atoms with van der Waals surface area (Å²) in [6.07, 6.45) is 1.48. The molecule has 0 radical (unpaired) electrons. The first-order valence-electron chi connectivity index (χ1n) is 6.76. The number of guanidine groups is 1. The van der Waals surface area contributed by atoms with Crippen molar-refractivity contribution in [2.75, 3.05) is 44.4 Å². The molecule has 0 spiro atoms. The molecule has 6 nitrogen and oxygen atoms in total. The van der Waals surface area contributed by atoms with Gasteiger partial charge in [-0.05, 0) is 18.6 Å². The summed E-state index contributed by atoms with van der Waals surface area (Å²) in [4.78, 5) is 15.7. The third-order valence-corrected chi connectivity index (χ3v) is 4.07. The van der Waals surface area contributed by atoms with Crippen LogP contribution < -0.4 is 21.7 Å². The van der Waals surface area contributed by atoms with Crippen LogP contribution in [-0.4, -0.2) is 62.4 Å². The fourth-order valence-corrected chi connectivity index (χ4v) is 2.45. The molecule has 1 amide bonds. The Morgan fingerprint density at radius 1 is 1.35 bits per heavy atom. The van der Waals surface area contributed by atoms with Crippen molar-refractivity contribution in [3.8, 4) is 0 Å². The number of thiol groups is 1. The Labute approximate surface area is 131 Å². The molecule has 0 saturated carbocycles. The van der Waals surface area contributed by atoms with E-state index in [1.54, 1.807) is 25.9 Å². The smallest absolute Gasteiger partial charge is 0.236 e. The molecule has 0 aromatic heterocycles. The summed E-state index contributed by atoms with van der Waals surface area (Å²) in [5.41, 5.74) is 5.84. The molecule has 0 aliphatic rings. The van der Waals surface area contributed by atoms with Crippen molar-refractivity contribution in [1.29, 1.82) is 0 Å². The largest absolute Gasteiger partial charge is 0.359 e. The second-order valence-corrected chi connectivity index (χ2v) is 5.80. The Morgan fingerprint density at radius 2 is 2.10 bits per heavy atom. The minimum absolute atomic E-state index is 0.0746. The lowest BCUT2D eigenvalue weighted by Crippen LogP contribution is -2.42. The number of nitrogens with two attached hydrogens (primary N) is 1. The molecule has 0 aliphatic heterocycles. The molecular weight excluding hydrogens is 294 g/mol. The fraction of sp³-hybridized carbons (Fsp3) is 0.833. The number of rotatable bonds is 10. The van der Waals surface area contributed by atoms with Crippen LogP contribution in [0.5, 0.6) is 0 Å². The summed E-state index contributed by atoms with van der Waals surface area (Å²) >= 11 is 5.90. The third kappa shape index (κ3) is 10.2. The van der Waals surface area contributed by atoms with Crippen molar-refractivity contribution in [3.63, 3.8) is 0 Å². The number of amides is 1. The minimum Gasteiger partial charge on any atom is -0.359 e. The first kappa shape index (κ1) is 19.4. The molecule has 0 aromatic rings. The molecule has 1 atom stereocenters. The van der Waals surface area contributed by atoms with Gasteiger partial charge in [0, 0.05) is 38.7 Å². The van der Waals surface area contributed by atoms with Crippen LogP contribution in [0.1, 0.15) is 12.8 Å². The van der Waals surface area contributed by atoms with E-state index >= 15 is 0 Å². The van der Waals surface area contributed by atoms with Gasteiger partial charge in [0.2, 0.25) is 5.91 Å². The molecule has 0 bridgehead atoms. The second kappa shape index (κ2) is 13.4. The first-order chi connectivity index (χ1) is 9.65. The normalized spacial score (nSPS) is 12.9. The van der Waals surface area contributed by atoms with Crippen LogP contribution in [0, 0.1) is 0 Å². The van der Waals surface area contributed by atoms with E-state index in [4.69, 9.17) is 5.73 Å². The molecule has 0 aliphatic carbocycles. The summed E-state index contributed by atoms with van der Waals surface area (Å²) in [6.45, 7) is 1.40. The molecule has 0 heterocycles. The number of hydrogen-bond acceptors (Lipinski definition) is 5. The monoisotopic (exact) mass is 321 g/mol. The highest BCUT2D eigenvalue weighted by Crippen LogP contribution is 1.99. The number of thioether (sulfide) groups is 1. The van der Waals surface area contributed by atoms with Crippen molar-refractivity contribution in [1.82, 2.24) is 16.0 Å². The van der Waals surface area contributed by atoms with Crippen LogP contribution in [0.3, 0.4) is 0 Å². The van der Waals surface area contributed by atoms with Gasteiger partial charge in [-0.25, -0.2) is 0 Å². The highest BCUT2D eigenvalue weighted by Gasteiger charge is 2.11.